The first kappa shape index (κ1) is 19.0. The second-order valence-corrected chi connectivity index (χ2v) is 8.11. The predicted molar refractivity (Wildman–Crippen MR) is 111 cm³/mol. The fraction of sp³-hybridized carbons (Fsp3) is 0.391. The van der Waals surface area contributed by atoms with E-state index in [1.807, 2.05) is 58.3 Å². The molecule has 2 aromatic rings. The van der Waals surface area contributed by atoms with Crippen LogP contribution in [0.15, 0.2) is 48.5 Å². The van der Waals surface area contributed by atoms with Gasteiger partial charge in [0.05, 0.1) is 0 Å². The second-order valence-electron chi connectivity index (χ2n) is 7.67. The highest BCUT2D eigenvalue weighted by Gasteiger charge is 2.46. The lowest BCUT2D eigenvalue weighted by atomic mass is 10.1. The minimum Gasteiger partial charge on any atom is -0.339 e. The van der Waals surface area contributed by atoms with E-state index < -0.39 is 0 Å². The molecule has 1 heterocycles. The van der Waals surface area contributed by atoms with Crippen LogP contribution in [0.5, 0.6) is 0 Å². The van der Waals surface area contributed by atoms with Gasteiger partial charge in [-0.05, 0) is 54.2 Å². The minimum absolute atomic E-state index is 0.0537. The van der Waals surface area contributed by atoms with Crippen LogP contribution < -0.4 is 0 Å². The molecule has 2 atom stereocenters. The zero-order chi connectivity index (χ0) is 19.7. The van der Waals surface area contributed by atoms with Crippen molar-refractivity contribution in [2.24, 2.45) is 5.92 Å². The molecule has 146 valence electrons. The third kappa shape index (κ3) is 3.93. The highest BCUT2D eigenvalue weighted by Crippen LogP contribution is 2.48. The molecule has 4 rings (SSSR count). The number of piperazine rings is 1. The van der Waals surface area contributed by atoms with Gasteiger partial charge in [0.1, 0.15) is 0 Å². The third-order valence-corrected chi connectivity index (χ3v) is 6.11. The van der Waals surface area contributed by atoms with Crippen LogP contribution in [0.1, 0.15) is 40.7 Å². The van der Waals surface area contributed by atoms with E-state index in [4.69, 9.17) is 11.6 Å². The summed E-state index contributed by atoms with van der Waals surface area (Å²) in [6.07, 6.45) is 1.86. The van der Waals surface area contributed by atoms with Crippen molar-refractivity contribution in [3.63, 3.8) is 0 Å². The molecule has 2 aromatic carbocycles. The number of halogens is 1. The summed E-state index contributed by atoms with van der Waals surface area (Å²) in [5, 5.41) is 0.717. The average Bonchev–Trinajstić information content (AvgIpc) is 3.54. The van der Waals surface area contributed by atoms with Crippen LogP contribution in [-0.2, 0) is 11.2 Å². The predicted octanol–water partition coefficient (Wildman–Crippen LogP) is 3.99. The number of hydrogen-bond acceptors (Lipinski definition) is 2. The molecule has 4 nitrogen and oxygen atoms in total. The van der Waals surface area contributed by atoms with Gasteiger partial charge in [0, 0.05) is 42.7 Å². The summed E-state index contributed by atoms with van der Waals surface area (Å²) in [6.45, 7) is 4.50. The third-order valence-electron chi connectivity index (χ3n) is 5.87. The Morgan fingerprint density at radius 1 is 1.00 bits per heavy atom. The molecule has 5 heteroatoms. The number of amides is 2. The van der Waals surface area contributed by atoms with Crippen LogP contribution in [0, 0.1) is 5.92 Å². The summed E-state index contributed by atoms with van der Waals surface area (Å²) in [5.74, 6) is 0.604. The van der Waals surface area contributed by atoms with Gasteiger partial charge in [-0.2, -0.15) is 0 Å². The van der Waals surface area contributed by atoms with Crippen molar-refractivity contribution in [3.8, 4) is 0 Å². The Bertz CT molecular complexity index is 872. The Kier molecular flexibility index (Phi) is 5.40. The molecule has 2 fully saturated rings. The van der Waals surface area contributed by atoms with E-state index in [1.165, 1.54) is 5.56 Å². The lowest BCUT2D eigenvalue weighted by molar-refractivity contribution is -0.134. The number of aryl methyl sites for hydroxylation is 1. The molecule has 1 saturated heterocycles. The smallest absolute Gasteiger partial charge is 0.253 e. The van der Waals surface area contributed by atoms with Crippen molar-refractivity contribution in [2.75, 3.05) is 26.2 Å². The molecule has 1 saturated carbocycles. The van der Waals surface area contributed by atoms with Gasteiger partial charge < -0.3 is 9.80 Å². The molecule has 0 aromatic heterocycles. The molecule has 28 heavy (non-hydrogen) atoms. The van der Waals surface area contributed by atoms with Gasteiger partial charge in [0.15, 0.2) is 0 Å². The fourth-order valence-electron chi connectivity index (χ4n) is 4.00. The molecule has 2 amide bonds. The Labute approximate surface area is 171 Å². The first-order valence-corrected chi connectivity index (χ1v) is 10.4. The molecule has 0 N–H and O–H groups in total. The van der Waals surface area contributed by atoms with Gasteiger partial charge in [0.25, 0.3) is 5.91 Å². The standard InChI is InChI=1S/C23H25ClN2O2/c1-2-16-6-8-17(9-7-16)22(27)25-10-12-26(13-11-25)23(28)21-15-20(21)18-4-3-5-19(24)14-18/h3-9,14,20-21H,2,10-13,15H2,1H3. The van der Waals surface area contributed by atoms with Crippen molar-refractivity contribution in [2.45, 2.75) is 25.7 Å². The van der Waals surface area contributed by atoms with Crippen molar-refractivity contribution in [1.82, 2.24) is 9.80 Å². The molecular formula is C23H25ClN2O2. The number of benzene rings is 2. The van der Waals surface area contributed by atoms with Crippen LogP contribution in [0.2, 0.25) is 5.02 Å². The van der Waals surface area contributed by atoms with Crippen molar-refractivity contribution < 1.29 is 9.59 Å². The quantitative estimate of drug-likeness (QED) is 0.784. The number of rotatable bonds is 4. The first-order chi connectivity index (χ1) is 13.6. The van der Waals surface area contributed by atoms with Gasteiger partial charge in [-0.15, -0.1) is 0 Å². The number of carbonyl (C=O) groups excluding carboxylic acids is 2. The zero-order valence-electron chi connectivity index (χ0n) is 16.1. The van der Waals surface area contributed by atoms with E-state index >= 15 is 0 Å². The van der Waals surface area contributed by atoms with Crippen LogP contribution in [0.3, 0.4) is 0 Å². The summed E-state index contributed by atoms with van der Waals surface area (Å²) in [7, 11) is 0. The van der Waals surface area contributed by atoms with Crippen molar-refractivity contribution >= 4 is 23.4 Å². The molecular weight excluding hydrogens is 372 g/mol. The summed E-state index contributed by atoms with van der Waals surface area (Å²) in [4.78, 5) is 29.3. The molecule has 0 spiro atoms. The number of nitrogens with zero attached hydrogens (tertiary/aromatic N) is 2. The van der Waals surface area contributed by atoms with Crippen molar-refractivity contribution in [3.05, 3.63) is 70.2 Å². The zero-order valence-corrected chi connectivity index (χ0v) is 16.9. The minimum atomic E-state index is 0.0537. The Morgan fingerprint density at radius 2 is 1.68 bits per heavy atom. The van der Waals surface area contributed by atoms with E-state index in [0.717, 1.165) is 29.0 Å². The molecule has 1 aliphatic carbocycles. The molecule has 1 aliphatic heterocycles. The molecule has 0 radical (unpaired) electrons. The van der Waals surface area contributed by atoms with E-state index in [-0.39, 0.29) is 23.7 Å². The maximum atomic E-state index is 12.8. The number of carbonyl (C=O) groups is 2. The SMILES string of the molecule is CCc1ccc(C(=O)N2CCN(C(=O)C3CC3c3cccc(Cl)c3)CC2)cc1. The van der Waals surface area contributed by atoms with E-state index in [2.05, 4.69) is 6.92 Å². The maximum Gasteiger partial charge on any atom is 0.253 e. The molecule has 0 bridgehead atoms. The van der Waals surface area contributed by atoms with E-state index in [9.17, 15) is 9.59 Å². The van der Waals surface area contributed by atoms with Gasteiger partial charge in [-0.1, -0.05) is 42.8 Å². The topological polar surface area (TPSA) is 40.6 Å². The first-order valence-electron chi connectivity index (χ1n) is 9.99. The van der Waals surface area contributed by atoms with Gasteiger partial charge in [-0.25, -0.2) is 0 Å². The van der Waals surface area contributed by atoms with Gasteiger partial charge in [-0.3, -0.25) is 9.59 Å². The normalized spacial score (nSPS) is 21.5. The van der Waals surface area contributed by atoms with Crippen LogP contribution in [0.4, 0.5) is 0 Å². The summed E-state index contributed by atoms with van der Waals surface area (Å²) in [6, 6.07) is 15.6. The largest absolute Gasteiger partial charge is 0.339 e. The second kappa shape index (κ2) is 7.96. The van der Waals surface area contributed by atoms with Crippen LogP contribution in [-0.4, -0.2) is 47.8 Å². The Morgan fingerprint density at radius 3 is 2.32 bits per heavy atom. The maximum absolute atomic E-state index is 12.8. The number of hydrogen-bond donors (Lipinski definition) is 0. The summed E-state index contributed by atoms with van der Waals surface area (Å²) >= 11 is 6.07. The van der Waals surface area contributed by atoms with Crippen molar-refractivity contribution in [1.29, 1.82) is 0 Å². The molecule has 2 aliphatic rings. The summed E-state index contributed by atoms with van der Waals surface area (Å²) < 4.78 is 0. The highest BCUT2D eigenvalue weighted by molar-refractivity contribution is 6.30. The molecule has 2 unspecified atom stereocenters. The van der Waals surface area contributed by atoms with E-state index in [0.29, 0.717) is 26.2 Å². The lowest BCUT2D eigenvalue weighted by Crippen LogP contribution is -2.51. The summed E-state index contributed by atoms with van der Waals surface area (Å²) in [5.41, 5.74) is 3.10. The Balaban J connectivity index is 1.31. The van der Waals surface area contributed by atoms with Crippen LogP contribution >= 0.6 is 11.6 Å². The van der Waals surface area contributed by atoms with Crippen LogP contribution in [0.25, 0.3) is 0 Å². The highest BCUT2D eigenvalue weighted by atomic mass is 35.5. The fourth-order valence-corrected chi connectivity index (χ4v) is 4.20. The lowest BCUT2D eigenvalue weighted by Gasteiger charge is -2.35. The van der Waals surface area contributed by atoms with Gasteiger partial charge in [0.2, 0.25) is 5.91 Å². The van der Waals surface area contributed by atoms with E-state index in [1.54, 1.807) is 0 Å². The van der Waals surface area contributed by atoms with Gasteiger partial charge >= 0.3 is 0 Å². The monoisotopic (exact) mass is 396 g/mol. The average molecular weight is 397 g/mol. The Hall–Kier alpha value is -2.33.